The van der Waals surface area contributed by atoms with Crippen LogP contribution in [0.2, 0.25) is 10.0 Å². The number of hydrogen-bond acceptors (Lipinski definition) is 2. The smallest absolute Gasteiger partial charge is 0.242 e. The molecule has 150 valence electrons. The number of rotatable bonds is 8. The molecule has 2 rings (SSSR count). The summed E-state index contributed by atoms with van der Waals surface area (Å²) in [6.45, 7) is 4.35. The zero-order chi connectivity index (χ0) is 20.7. The van der Waals surface area contributed by atoms with Crippen molar-refractivity contribution in [3.05, 3.63) is 69.5 Å². The second kappa shape index (κ2) is 10.4. The lowest BCUT2D eigenvalue weighted by Crippen LogP contribution is -2.48. The fourth-order valence-corrected chi connectivity index (χ4v) is 3.17. The van der Waals surface area contributed by atoms with Crippen molar-refractivity contribution in [3.63, 3.8) is 0 Å². The molecular formula is C21H23Cl2FN2O2. The van der Waals surface area contributed by atoms with Crippen molar-refractivity contribution in [2.24, 2.45) is 0 Å². The SMILES string of the molecule is CCCNC(=O)[C@@H](C)N(Cc1ccc(F)cc1)C(=O)Cc1ccc(Cl)cc1Cl. The molecule has 2 amide bonds. The Morgan fingerprint density at radius 3 is 2.43 bits per heavy atom. The van der Waals surface area contributed by atoms with Crippen LogP contribution in [-0.4, -0.2) is 29.3 Å². The summed E-state index contributed by atoms with van der Waals surface area (Å²) < 4.78 is 13.2. The highest BCUT2D eigenvalue weighted by atomic mass is 35.5. The van der Waals surface area contributed by atoms with Crippen LogP contribution in [0.1, 0.15) is 31.4 Å². The van der Waals surface area contributed by atoms with Gasteiger partial charge in [0.25, 0.3) is 0 Å². The molecule has 4 nitrogen and oxygen atoms in total. The van der Waals surface area contributed by atoms with Gasteiger partial charge in [0.15, 0.2) is 0 Å². The van der Waals surface area contributed by atoms with Gasteiger partial charge < -0.3 is 10.2 Å². The number of carbonyl (C=O) groups is 2. The average Bonchev–Trinajstić information content (AvgIpc) is 2.67. The summed E-state index contributed by atoms with van der Waals surface area (Å²) in [6.07, 6.45) is 0.827. The molecular weight excluding hydrogens is 402 g/mol. The Balaban J connectivity index is 2.23. The van der Waals surface area contributed by atoms with Crippen LogP contribution in [0, 0.1) is 5.82 Å². The van der Waals surface area contributed by atoms with E-state index < -0.39 is 6.04 Å². The van der Waals surface area contributed by atoms with E-state index in [0.717, 1.165) is 12.0 Å². The van der Waals surface area contributed by atoms with Gasteiger partial charge in [-0.3, -0.25) is 9.59 Å². The summed E-state index contributed by atoms with van der Waals surface area (Å²) in [6, 6.07) is 10.1. The van der Waals surface area contributed by atoms with E-state index in [4.69, 9.17) is 23.2 Å². The molecule has 0 aliphatic heterocycles. The minimum atomic E-state index is -0.685. The van der Waals surface area contributed by atoms with Crippen LogP contribution in [-0.2, 0) is 22.6 Å². The Bertz CT molecular complexity index is 828. The molecule has 1 atom stereocenters. The molecule has 0 radical (unpaired) electrons. The van der Waals surface area contributed by atoms with Crippen LogP contribution < -0.4 is 5.32 Å². The van der Waals surface area contributed by atoms with Gasteiger partial charge in [0.1, 0.15) is 11.9 Å². The third kappa shape index (κ3) is 6.21. The first kappa shape index (κ1) is 22.2. The van der Waals surface area contributed by atoms with E-state index in [0.29, 0.717) is 22.2 Å². The summed E-state index contributed by atoms with van der Waals surface area (Å²) in [5.74, 6) is -0.851. The van der Waals surface area contributed by atoms with Gasteiger partial charge in [-0.15, -0.1) is 0 Å². The second-order valence-electron chi connectivity index (χ2n) is 6.53. The molecule has 0 aliphatic carbocycles. The Morgan fingerprint density at radius 2 is 1.82 bits per heavy atom. The monoisotopic (exact) mass is 424 g/mol. The van der Waals surface area contributed by atoms with E-state index >= 15 is 0 Å². The van der Waals surface area contributed by atoms with Crippen molar-refractivity contribution in [1.82, 2.24) is 10.2 Å². The summed E-state index contributed by atoms with van der Waals surface area (Å²) >= 11 is 12.1. The highest BCUT2D eigenvalue weighted by Gasteiger charge is 2.26. The maximum absolute atomic E-state index is 13.2. The van der Waals surface area contributed by atoms with E-state index in [1.807, 2.05) is 6.92 Å². The van der Waals surface area contributed by atoms with Crippen molar-refractivity contribution in [2.45, 2.75) is 39.3 Å². The number of amides is 2. The quantitative estimate of drug-likeness (QED) is 0.671. The third-order valence-corrected chi connectivity index (χ3v) is 4.93. The molecule has 0 aromatic heterocycles. The van der Waals surface area contributed by atoms with E-state index in [1.165, 1.54) is 17.0 Å². The number of nitrogens with one attached hydrogen (secondary N) is 1. The van der Waals surface area contributed by atoms with Crippen LogP contribution >= 0.6 is 23.2 Å². The number of halogens is 3. The maximum atomic E-state index is 13.2. The molecule has 0 spiro atoms. The molecule has 0 aliphatic rings. The lowest BCUT2D eigenvalue weighted by Gasteiger charge is -2.29. The highest BCUT2D eigenvalue weighted by Crippen LogP contribution is 2.22. The lowest BCUT2D eigenvalue weighted by atomic mass is 10.1. The topological polar surface area (TPSA) is 49.4 Å². The van der Waals surface area contributed by atoms with Crippen molar-refractivity contribution in [1.29, 1.82) is 0 Å². The zero-order valence-corrected chi connectivity index (χ0v) is 17.4. The van der Waals surface area contributed by atoms with E-state index in [2.05, 4.69) is 5.32 Å². The second-order valence-corrected chi connectivity index (χ2v) is 7.37. The van der Waals surface area contributed by atoms with Crippen molar-refractivity contribution in [2.75, 3.05) is 6.54 Å². The predicted octanol–water partition coefficient (Wildman–Crippen LogP) is 4.62. The van der Waals surface area contributed by atoms with Gasteiger partial charge >= 0.3 is 0 Å². The van der Waals surface area contributed by atoms with Gasteiger partial charge in [0.2, 0.25) is 11.8 Å². The predicted molar refractivity (Wildman–Crippen MR) is 110 cm³/mol. The fraction of sp³-hybridized carbons (Fsp3) is 0.333. The Labute approximate surface area is 174 Å². The fourth-order valence-electron chi connectivity index (χ4n) is 2.69. The molecule has 28 heavy (non-hydrogen) atoms. The summed E-state index contributed by atoms with van der Waals surface area (Å²) in [4.78, 5) is 26.9. The van der Waals surface area contributed by atoms with Crippen LogP contribution in [0.4, 0.5) is 4.39 Å². The van der Waals surface area contributed by atoms with E-state index in [1.54, 1.807) is 37.3 Å². The van der Waals surface area contributed by atoms with Crippen LogP contribution in [0.5, 0.6) is 0 Å². The van der Waals surface area contributed by atoms with E-state index in [9.17, 15) is 14.0 Å². The third-order valence-electron chi connectivity index (χ3n) is 4.34. The van der Waals surface area contributed by atoms with E-state index in [-0.39, 0.29) is 30.6 Å². The number of nitrogens with zero attached hydrogens (tertiary/aromatic N) is 1. The molecule has 0 fully saturated rings. The number of carbonyl (C=O) groups excluding carboxylic acids is 2. The van der Waals surface area contributed by atoms with Crippen LogP contribution in [0.15, 0.2) is 42.5 Å². The minimum Gasteiger partial charge on any atom is -0.354 e. The molecule has 0 unspecified atom stereocenters. The zero-order valence-electron chi connectivity index (χ0n) is 15.8. The van der Waals surface area contributed by atoms with Gasteiger partial charge in [-0.25, -0.2) is 4.39 Å². The van der Waals surface area contributed by atoms with Gasteiger partial charge in [-0.1, -0.05) is 48.3 Å². The summed E-state index contributed by atoms with van der Waals surface area (Å²) in [5.41, 5.74) is 1.36. The normalized spacial score (nSPS) is 11.8. The lowest BCUT2D eigenvalue weighted by molar-refractivity contribution is -0.140. The molecule has 1 N–H and O–H groups in total. The largest absolute Gasteiger partial charge is 0.354 e. The summed E-state index contributed by atoms with van der Waals surface area (Å²) in [7, 11) is 0. The standard InChI is InChI=1S/C21H23Cl2FN2O2/c1-3-10-25-21(28)14(2)26(13-15-4-8-18(24)9-5-15)20(27)11-16-6-7-17(22)12-19(16)23/h4-9,12,14H,3,10-11,13H2,1-2H3,(H,25,28)/t14-/m1/s1. The molecule has 0 bridgehead atoms. The van der Waals surface area contributed by atoms with Gasteiger partial charge in [0, 0.05) is 23.1 Å². The first-order chi connectivity index (χ1) is 13.3. The molecule has 2 aromatic rings. The molecule has 7 heteroatoms. The number of benzene rings is 2. The maximum Gasteiger partial charge on any atom is 0.242 e. The first-order valence-corrected chi connectivity index (χ1v) is 9.83. The molecule has 0 saturated heterocycles. The highest BCUT2D eigenvalue weighted by molar-refractivity contribution is 6.35. The minimum absolute atomic E-state index is 0.0304. The Morgan fingerprint density at radius 1 is 1.14 bits per heavy atom. The number of hydrogen-bond donors (Lipinski definition) is 1. The molecule has 0 heterocycles. The van der Waals surface area contributed by atoms with Crippen molar-refractivity contribution < 1.29 is 14.0 Å². The first-order valence-electron chi connectivity index (χ1n) is 9.07. The Hall–Kier alpha value is -2.11. The average molecular weight is 425 g/mol. The van der Waals surface area contributed by atoms with Gasteiger partial charge in [-0.05, 0) is 48.7 Å². The van der Waals surface area contributed by atoms with Gasteiger partial charge in [0.05, 0.1) is 6.42 Å². The van der Waals surface area contributed by atoms with Gasteiger partial charge in [-0.2, -0.15) is 0 Å². The van der Waals surface area contributed by atoms with Crippen molar-refractivity contribution >= 4 is 35.0 Å². The molecule has 0 saturated carbocycles. The Kier molecular flexibility index (Phi) is 8.27. The van der Waals surface area contributed by atoms with Crippen LogP contribution in [0.25, 0.3) is 0 Å². The molecule has 2 aromatic carbocycles. The summed E-state index contributed by atoms with van der Waals surface area (Å²) in [5, 5.41) is 3.69. The van der Waals surface area contributed by atoms with Crippen molar-refractivity contribution in [3.8, 4) is 0 Å². The van der Waals surface area contributed by atoms with Crippen LogP contribution in [0.3, 0.4) is 0 Å².